The number of pyridine rings is 1. The topological polar surface area (TPSA) is 56.3 Å². The highest BCUT2D eigenvalue weighted by atomic mass is 16.3. The summed E-state index contributed by atoms with van der Waals surface area (Å²) in [6, 6.07) is 15.3. The molecule has 0 amide bonds. The van der Waals surface area contributed by atoms with Gasteiger partial charge in [-0.3, -0.25) is 4.79 Å². The summed E-state index contributed by atoms with van der Waals surface area (Å²) < 4.78 is 0.676. The predicted molar refractivity (Wildman–Crippen MR) is 155 cm³/mol. The number of unbranched alkanes of at least 4 members (excludes halogenated alkanes) is 2. The molecule has 3 rings (SSSR count). The molecule has 1 aromatic heterocycles. The first-order valence-electron chi connectivity index (χ1n) is 13.5. The van der Waals surface area contributed by atoms with Crippen LogP contribution in [0.4, 0.5) is 5.69 Å². The zero-order valence-corrected chi connectivity index (χ0v) is 22.6. The molecule has 0 fully saturated rings. The number of aliphatic hydroxyl groups is 1. The monoisotopic (exact) mass is 490 g/mol. The quantitative estimate of drug-likeness (QED) is 0.284. The molecule has 0 radical (unpaired) electrons. The molecule has 194 valence electrons. The lowest BCUT2D eigenvalue weighted by Crippen LogP contribution is -2.44. The zero-order valence-electron chi connectivity index (χ0n) is 22.6. The van der Waals surface area contributed by atoms with Crippen LogP contribution < -0.4 is 10.5 Å². The number of hydrogen-bond acceptors (Lipinski definition) is 3. The Kier molecular flexibility index (Phi) is 10.3. The predicted octanol–water partition coefficient (Wildman–Crippen LogP) is 5.72. The van der Waals surface area contributed by atoms with E-state index in [2.05, 4.69) is 80.3 Å². The molecule has 0 saturated heterocycles. The second kappa shape index (κ2) is 13.4. The number of aromatic amines is 1. The van der Waals surface area contributed by atoms with E-state index in [1.807, 2.05) is 12.1 Å². The molecule has 36 heavy (non-hydrogen) atoms. The van der Waals surface area contributed by atoms with E-state index in [1.54, 1.807) is 6.20 Å². The van der Waals surface area contributed by atoms with Crippen molar-refractivity contribution in [2.75, 3.05) is 51.8 Å². The van der Waals surface area contributed by atoms with E-state index in [-0.39, 0.29) is 12.2 Å². The Bertz CT molecular complexity index is 1190. The number of quaternary nitrogens is 1. The van der Waals surface area contributed by atoms with E-state index >= 15 is 0 Å². The molecule has 0 saturated carbocycles. The Hall–Kier alpha value is -2.89. The van der Waals surface area contributed by atoms with Crippen LogP contribution in [0.3, 0.4) is 0 Å². The van der Waals surface area contributed by atoms with Gasteiger partial charge in [-0.25, -0.2) is 0 Å². The Labute approximate surface area is 216 Å². The van der Waals surface area contributed by atoms with Gasteiger partial charge in [0.15, 0.2) is 0 Å². The largest absolute Gasteiger partial charge is 0.391 e. The first-order valence-corrected chi connectivity index (χ1v) is 13.5. The molecule has 5 heteroatoms. The maximum absolute atomic E-state index is 12.6. The SMILES string of the molecule is CCCCN(CCCC)c1ccc2cc(/C=C/c3cc[nH]c(=O)c3CC[N+](C)(C)CCO)ccc2c1. The maximum Gasteiger partial charge on any atom is 0.251 e. The number of rotatable bonds is 14. The number of aromatic nitrogens is 1. The van der Waals surface area contributed by atoms with Crippen LogP contribution in [0.2, 0.25) is 0 Å². The molecule has 0 spiro atoms. The van der Waals surface area contributed by atoms with E-state index in [1.165, 1.54) is 42.1 Å². The normalized spacial score (nSPS) is 12.0. The number of benzene rings is 2. The summed E-state index contributed by atoms with van der Waals surface area (Å²) in [5.74, 6) is 0. The Morgan fingerprint density at radius 3 is 2.31 bits per heavy atom. The molecule has 3 aromatic rings. The van der Waals surface area contributed by atoms with Gasteiger partial charge in [-0.2, -0.15) is 0 Å². The Morgan fingerprint density at radius 1 is 0.917 bits per heavy atom. The highest BCUT2D eigenvalue weighted by molar-refractivity contribution is 5.88. The standard InChI is InChI=1S/C31H43N3O2/c1-5-7-18-33(19-8-6-2)29-14-13-27-23-25(10-12-28(27)24-29)9-11-26-15-17-32-31(36)30(26)16-20-34(3,4)21-22-35/h9-15,17,23-24,35H,5-8,16,18-22H2,1-4H3/p+1/b11-9+. The van der Waals surface area contributed by atoms with Crippen molar-refractivity contribution >= 4 is 28.6 Å². The lowest BCUT2D eigenvalue weighted by molar-refractivity contribution is -0.890. The van der Waals surface area contributed by atoms with Crippen LogP contribution in [0.25, 0.3) is 22.9 Å². The Balaban J connectivity index is 1.80. The molecule has 1 heterocycles. The minimum atomic E-state index is -0.0390. The average molecular weight is 491 g/mol. The van der Waals surface area contributed by atoms with Gasteiger partial charge < -0.3 is 19.5 Å². The maximum atomic E-state index is 12.6. The van der Waals surface area contributed by atoms with Gasteiger partial charge in [0.2, 0.25) is 0 Å². The highest BCUT2D eigenvalue weighted by Crippen LogP contribution is 2.25. The molecular weight excluding hydrogens is 446 g/mol. The first kappa shape index (κ1) is 27.7. The fraction of sp³-hybridized carbons (Fsp3) is 0.452. The van der Waals surface area contributed by atoms with Gasteiger partial charge in [-0.1, -0.05) is 57.0 Å². The van der Waals surface area contributed by atoms with E-state index in [0.717, 1.165) is 36.3 Å². The van der Waals surface area contributed by atoms with E-state index in [9.17, 15) is 9.90 Å². The van der Waals surface area contributed by atoms with E-state index in [4.69, 9.17) is 0 Å². The average Bonchev–Trinajstić information content (AvgIpc) is 2.86. The van der Waals surface area contributed by atoms with E-state index in [0.29, 0.717) is 17.4 Å². The van der Waals surface area contributed by atoms with Crippen LogP contribution >= 0.6 is 0 Å². The molecule has 0 unspecified atom stereocenters. The van der Waals surface area contributed by atoms with Gasteiger partial charge in [0, 0.05) is 37.0 Å². The smallest absolute Gasteiger partial charge is 0.251 e. The third-order valence-corrected chi connectivity index (χ3v) is 7.00. The number of likely N-dealkylation sites (N-methyl/N-ethyl adjacent to an activating group) is 1. The number of H-pyrrole nitrogens is 1. The van der Waals surface area contributed by atoms with Crippen molar-refractivity contribution in [2.24, 2.45) is 0 Å². The van der Waals surface area contributed by atoms with Crippen molar-refractivity contribution in [1.29, 1.82) is 0 Å². The van der Waals surface area contributed by atoms with Gasteiger partial charge in [-0.05, 0) is 59.0 Å². The highest BCUT2D eigenvalue weighted by Gasteiger charge is 2.16. The third-order valence-electron chi connectivity index (χ3n) is 7.00. The molecule has 0 aliphatic rings. The van der Waals surface area contributed by atoms with Crippen LogP contribution in [-0.2, 0) is 6.42 Å². The molecule has 0 bridgehead atoms. The summed E-state index contributed by atoms with van der Waals surface area (Å²) in [5.41, 5.74) is 4.13. The van der Waals surface area contributed by atoms with Crippen molar-refractivity contribution in [1.82, 2.24) is 4.98 Å². The summed E-state index contributed by atoms with van der Waals surface area (Å²) in [5, 5.41) is 11.8. The van der Waals surface area contributed by atoms with Gasteiger partial charge in [0.25, 0.3) is 5.56 Å². The molecule has 2 aromatic carbocycles. The van der Waals surface area contributed by atoms with Crippen molar-refractivity contribution in [3.05, 3.63) is 75.7 Å². The second-order valence-corrected chi connectivity index (χ2v) is 10.4. The van der Waals surface area contributed by atoms with Gasteiger partial charge >= 0.3 is 0 Å². The number of aliphatic hydroxyl groups excluding tert-OH is 1. The summed E-state index contributed by atoms with van der Waals surface area (Å²) in [6.45, 7) is 8.32. The summed E-state index contributed by atoms with van der Waals surface area (Å²) >= 11 is 0. The minimum absolute atomic E-state index is 0.0390. The van der Waals surface area contributed by atoms with Gasteiger partial charge in [0.05, 0.1) is 27.2 Å². The molecule has 0 aliphatic heterocycles. The third kappa shape index (κ3) is 7.81. The Morgan fingerprint density at radius 2 is 1.61 bits per heavy atom. The number of fused-ring (bicyclic) bond motifs is 1. The summed E-state index contributed by atoms with van der Waals surface area (Å²) in [6.07, 6.45) is 11.4. The van der Waals surface area contributed by atoms with Crippen molar-refractivity contribution in [2.45, 2.75) is 46.0 Å². The van der Waals surface area contributed by atoms with Crippen LogP contribution in [0.1, 0.15) is 56.2 Å². The molecular formula is C31H44N3O2+. The van der Waals surface area contributed by atoms with E-state index < -0.39 is 0 Å². The number of nitrogens with one attached hydrogen (secondary N) is 1. The fourth-order valence-electron chi connectivity index (χ4n) is 4.54. The number of nitrogens with zero attached hydrogens (tertiary/aromatic N) is 2. The van der Waals surface area contributed by atoms with Gasteiger partial charge in [0.1, 0.15) is 6.54 Å². The summed E-state index contributed by atoms with van der Waals surface area (Å²) in [4.78, 5) is 17.9. The van der Waals surface area contributed by atoms with Crippen LogP contribution in [-0.4, -0.2) is 61.5 Å². The lowest BCUT2D eigenvalue weighted by Gasteiger charge is -2.29. The van der Waals surface area contributed by atoms with Crippen LogP contribution in [0.5, 0.6) is 0 Å². The van der Waals surface area contributed by atoms with Crippen LogP contribution in [0, 0.1) is 0 Å². The van der Waals surface area contributed by atoms with Crippen molar-refractivity contribution in [3.63, 3.8) is 0 Å². The summed E-state index contributed by atoms with van der Waals surface area (Å²) in [7, 11) is 4.16. The first-order chi connectivity index (χ1) is 17.4. The molecule has 2 N–H and O–H groups in total. The lowest BCUT2D eigenvalue weighted by atomic mass is 10.0. The fourth-order valence-corrected chi connectivity index (χ4v) is 4.54. The van der Waals surface area contributed by atoms with Crippen molar-refractivity contribution in [3.8, 4) is 0 Å². The zero-order chi connectivity index (χ0) is 26.0. The van der Waals surface area contributed by atoms with Gasteiger partial charge in [-0.15, -0.1) is 0 Å². The number of anilines is 1. The number of hydrogen-bond donors (Lipinski definition) is 2. The molecule has 0 atom stereocenters. The van der Waals surface area contributed by atoms with Crippen LogP contribution in [0.15, 0.2) is 53.5 Å². The van der Waals surface area contributed by atoms with Crippen molar-refractivity contribution < 1.29 is 9.59 Å². The second-order valence-electron chi connectivity index (χ2n) is 10.4. The molecule has 5 nitrogen and oxygen atoms in total. The minimum Gasteiger partial charge on any atom is -0.391 e. The molecule has 0 aliphatic carbocycles.